The Morgan fingerprint density at radius 1 is 1.24 bits per heavy atom. The summed E-state index contributed by atoms with van der Waals surface area (Å²) < 4.78 is 10.6. The van der Waals surface area contributed by atoms with Crippen LogP contribution >= 0.6 is 0 Å². The molecule has 1 N–H and O–H groups in total. The van der Waals surface area contributed by atoms with Gasteiger partial charge in [-0.3, -0.25) is 10.1 Å². The highest BCUT2D eigenvalue weighted by Crippen LogP contribution is 2.17. The summed E-state index contributed by atoms with van der Waals surface area (Å²) in [5, 5.41) is 3.28. The molecule has 0 amide bonds. The monoisotopic (exact) mass is 245 g/mol. The number of carbonyl (C=O) groups is 1. The lowest BCUT2D eigenvalue weighted by atomic mass is 9.93. The first kappa shape index (κ1) is 16.4. The van der Waals surface area contributed by atoms with Gasteiger partial charge in [-0.2, -0.15) is 0 Å². The van der Waals surface area contributed by atoms with Crippen LogP contribution in [0.25, 0.3) is 0 Å². The Labute approximate surface area is 105 Å². The molecule has 0 aromatic heterocycles. The molecule has 0 aliphatic heterocycles. The molecule has 0 aliphatic rings. The maximum absolute atomic E-state index is 12.0. The van der Waals surface area contributed by atoms with E-state index in [9.17, 15) is 4.79 Å². The fourth-order valence-corrected chi connectivity index (χ4v) is 2.05. The van der Waals surface area contributed by atoms with Crippen molar-refractivity contribution in [3.05, 3.63) is 0 Å². The fourth-order valence-electron chi connectivity index (χ4n) is 2.05. The molecule has 0 aromatic rings. The third-order valence-corrected chi connectivity index (χ3v) is 2.48. The quantitative estimate of drug-likeness (QED) is 0.665. The number of carbonyl (C=O) groups excluding carboxylic acids is 1. The highest BCUT2D eigenvalue weighted by atomic mass is 16.5. The van der Waals surface area contributed by atoms with E-state index in [0.717, 1.165) is 0 Å². The zero-order chi connectivity index (χ0) is 13.5. The molecule has 2 atom stereocenters. The van der Waals surface area contributed by atoms with Gasteiger partial charge in [0.25, 0.3) is 0 Å². The van der Waals surface area contributed by atoms with Crippen molar-refractivity contribution in [3.8, 4) is 0 Å². The molecule has 0 aliphatic carbocycles. The average molecular weight is 245 g/mol. The van der Waals surface area contributed by atoms with E-state index >= 15 is 0 Å². The largest absolute Gasteiger partial charge is 0.465 e. The smallest absolute Gasteiger partial charge is 0.326 e. The van der Waals surface area contributed by atoms with E-state index in [1.807, 2.05) is 41.5 Å². The molecule has 4 heteroatoms. The summed E-state index contributed by atoms with van der Waals surface area (Å²) in [7, 11) is 0. The van der Waals surface area contributed by atoms with Gasteiger partial charge >= 0.3 is 5.97 Å². The first-order valence-corrected chi connectivity index (χ1v) is 6.42. The molecule has 0 heterocycles. The van der Waals surface area contributed by atoms with E-state index in [-0.39, 0.29) is 18.1 Å². The second-order valence-electron chi connectivity index (χ2n) is 4.82. The topological polar surface area (TPSA) is 47.6 Å². The van der Waals surface area contributed by atoms with Gasteiger partial charge in [-0.25, -0.2) is 0 Å². The van der Waals surface area contributed by atoms with Crippen molar-refractivity contribution in [2.45, 2.75) is 65.6 Å². The summed E-state index contributed by atoms with van der Waals surface area (Å²) in [6.07, 6.45) is 0.637. The number of hydrogen-bond donors (Lipinski definition) is 1. The zero-order valence-corrected chi connectivity index (χ0v) is 12.0. The first-order valence-electron chi connectivity index (χ1n) is 6.42. The molecule has 17 heavy (non-hydrogen) atoms. The summed E-state index contributed by atoms with van der Waals surface area (Å²) in [4.78, 5) is 12.0. The normalized spacial score (nSPS) is 16.6. The Morgan fingerprint density at radius 2 is 1.82 bits per heavy atom. The molecule has 0 spiro atoms. The molecule has 4 nitrogen and oxygen atoms in total. The summed E-state index contributed by atoms with van der Waals surface area (Å²) >= 11 is 0. The van der Waals surface area contributed by atoms with E-state index in [4.69, 9.17) is 9.47 Å². The third-order valence-electron chi connectivity index (χ3n) is 2.48. The molecule has 0 bridgehead atoms. The summed E-state index contributed by atoms with van der Waals surface area (Å²) in [5.74, 6) is -0.208. The zero-order valence-electron chi connectivity index (χ0n) is 12.0. The molecular weight excluding hydrogens is 218 g/mol. The van der Waals surface area contributed by atoms with Crippen molar-refractivity contribution in [1.82, 2.24) is 5.32 Å². The van der Waals surface area contributed by atoms with Crippen molar-refractivity contribution >= 4 is 5.97 Å². The van der Waals surface area contributed by atoms with Gasteiger partial charge in [0.05, 0.1) is 12.7 Å². The van der Waals surface area contributed by atoms with Gasteiger partial charge in [-0.05, 0) is 41.5 Å². The molecule has 0 saturated carbocycles. The van der Waals surface area contributed by atoms with E-state index in [2.05, 4.69) is 5.32 Å². The Kier molecular flexibility index (Phi) is 7.39. The van der Waals surface area contributed by atoms with Crippen LogP contribution in [0.1, 0.15) is 48.0 Å². The molecule has 0 radical (unpaired) electrons. The maximum Gasteiger partial charge on any atom is 0.326 e. The minimum atomic E-state index is -0.682. The van der Waals surface area contributed by atoms with Crippen LogP contribution in [0.5, 0.6) is 0 Å². The van der Waals surface area contributed by atoms with Crippen molar-refractivity contribution in [1.29, 1.82) is 0 Å². The van der Waals surface area contributed by atoms with Crippen LogP contribution in [0, 0.1) is 0 Å². The van der Waals surface area contributed by atoms with Crippen molar-refractivity contribution in [2.24, 2.45) is 0 Å². The van der Waals surface area contributed by atoms with E-state index in [0.29, 0.717) is 19.6 Å². The second kappa shape index (κ2) is 7.67. The first-order chi connectivity index (χ1) is 7.85. The van der Waals surface area contributed by atoms with E-state index < -0.39 is 5.54 Å². The van der Waals surface area contributed by atoms with Crippen LogP contribution < -0.4 is 5.32 Å². The Hall–Kier alpha value is -0.610. The second-order valence-corrected chi connectivity index (χ2v) is 4.82. The van der Waals surface area contributed by atoms with Crippen molar-refractivity contribution in [3.63, 3.8) is 0 Å². The number of rotatable bonds is 8. The summed E-state index contributed by atoms with van der Waals surface area (Å²) in [6.45, 7) is 12.7. The van der Waals surface area contributed by atoms with Crippen LogP contribution in [0.2, 0.25) is 0 Å². The van der Waals surface area contributed by atoms with E-state index in [1.54, 1.807) is 0 Å². The van der Waals surface area contributed by atoms with Crippen molar-refractivity contribution in [2.75, 3.05) is 13.2 Å². The molecule has 0 rings (SSSR count). The highest BCUT2D eigenvalue weighted by Gasteiger charge is 2.36. The predicted octanol–water partition coefficient (Wildman–Crippen LogP) is 2.12. The molecule has 2 unspecified atom stereocenters. The van der Waals surface area contributed by atoms with Gasteiger partial charge in [-0.1, -0.05) is 0 Å². The standard InChI is InChI=1S/C13H27NO3/c1-7-16-11(5)9-13(6,14-10(3)4)12(15)17-8-2/h10-11,14H,7-9H2,1-6H3. The lowest BCUT2D eigenvalue weighted by Gasteiger charge is -2.32. The van der Waals surface area contributed by atoms with Gasteiger partial charge in [0.15, 0.2) is 0 Å². The van der Waals surface area contributed by atoms with E-state index in [1.165, 1.54) is 0 Å². The van der Waals surface area contributed by atoms with Gasteiger partial charge in [-0.15, -0.1) is 0 Å². The predicted molar refractivity (Wildman–Crippen MR) is 69.0 cm³/mol. The Balaban J connectivity index is 4.65. The van der Waals surface area contributed by atoms with Crippen LogP contribution in [-0.2, 0) is 14.3 Å². The van der Waals surface area contributed by atoms with Gasteiger partial charge < -0.3 is 9.47 Å². The van der Waals surface area contributed by atoms with Gasteiger partial charge in [0.2, 0.25) is 0 Å². The average Bonchev–Trinajstić information content (AvgIpc) is 2.16. The van der Waals surface area contributed by atoms with Crippen LogP contribution in [0.15, 0.2) is 0 Å². The lowest BCUT2D eigenvalue weighted by molar-refractivity contribution is -0.152. The van der Waals surface area contributed by atoms with Crippen molar-refractivity contribution < 1.29 is 14.3 Å². The SMILES string of the molecule is CCOC(=O)C(C)(CC(C)OCC)NC(C)C. The molecule has 102 valence electrons. The third kappa shape index (κ3) is 6.03. The lowest BCUT2D eigenvalue weighted by Crippen LogP contribution is -2.54. The number of ether oxygens (including phenoxy) is 2. The maximum atomic E-state index is 12.0. The Morgan fingerprint density at radius 3 is 2.24 bits per heavy atom. The van der Waals surface area contributed by atoms with Crippen LogP contribution in [0.4, 0.5) is 0 Å². The van der Waals surface area contributed by atoms with Crippen LogP contribution in [-0.4, -0.2) is 36.9 Å². The highest BCUT2D eigenvalue weighted by molar-refractivity contribution is 5.80. The van der Waals surface area contributed by atoms with Gasteiger partial charge in [0.1, 0.15) is 5.54 Å². The minimum Gasteiger partial charge on any atom is -0.465 e. The summed E-state index contributed by atoms with van der Waals surface area (Å²) in [6, 6.07) is 0.221. The fraction of sp³-hybridized carbons (Fsp3) is 0.923. The number of nitrogens with one attached hydrogen (secondary N) is 1. The molecule has 0 saturated heterocycles. The molecule has 0 aromatic carbocycles. The Bertz CT molecular complexity index is 231. The summed E-state index contributed by atoms with van der Waals surface area (Å²) in [5.41, 5.74) is -0.682. The number of esters is 1. The van der Waals surface area contributed by atoms with Gasteiger partial charge in [0, 0.05) is 19.1 Å². The minimum absolute atomic E-state index is 0.0284. The molecular formula is C13H27NO3. The number of hydrogen-bond acceptors (Lipinski definition) is 4. The van der Waals surface area contributed by atoms with Crippen LogP contribution in [0.3, 0.4) is 0 Å². The molecule has 0 fully saturated rings.